The van der Waals surface area contributed by atoms with Crippen LogP contribution in [0, 0.1) is 0 Å². The third-order valence-electron chi connectivity index (χ3n) is 4.96. The van der Waals surface area contributed by atoms with Crippen LogP contribution >= 0.6 is 0 Å². The van der Waals surface area contributed by atoms with Gasteiger partial charge in [-0.15, -0.1) is 0 Å². The van der Waals surface area contributed by atoms with Crippen molar-refractivity contribution in [3.63, 3.8) is 0 Å². The van der Waals surface area contributed by atoms with Gasteiger partial charge in [-0.05, 0) is 36.1 Å². The summed E-state index contributed by atoms with van der Waals surface area (Å²) in [7, 11) is 2.96. The summed E-state index contributed by atoms with van der Waals surface area (Å²) in [6, 6.07) is 10.3. The first-order valence-electron chi connectivity index (χ1n) is 9.38. The SMILES string of the molecule is COc1cccc(C=N[C@H]2CCCC[C@@H]2N=Cc2cccc(OC)c2[O-])c1[O-].[Co+2]. The number of hydrogen-bond donors (Lipinski definition) is 0. The van der Waals surface area contributed by atoms with Crippen molar-refractivity contribution in [3.8, 4) is 23.0 Å². The van der Waals surface area contributed by atoms with Crippen LogP contribution in [0.25, 0.3) is 0 Å². The Labute approximate surface area is 181 Å². The molecule has 0 heterocycles. The first-order chi connectivity index (χ1) is 13.6. The molecule has 2 aromatic carbocycles. The van der Waals surface area contributed by atoms with Gasteiger partial charge < -0.3 is 19.7 Å². The summed E-state index contributed by atoms with van der Waals surface area (Å²) in [5.74, 6) is 0.278. The third-order valence-corrected chi connectivity index (χ3v) is 4.96. The van der Waals surface area contributed by atoms with E-state index in [1.54, 1.807) is 48.8 Å². The Bertz CT molecular complexity index is 798. The van der Waals surface area contributed by atoms with Crippen molar-refractivity contribution in [3.05, 3.63) is 47.5 Å². The molecule has 2 aromatic rings. The third kappa shape index (κ3) is 5.52. The summed E-state index contributed by atoms with van der Waals surface area (Å²) >= 11 is 0. The zero-order valence-electron chi connectivity index (χ0n) is 16.5. The summed E-state index contributed by atoms with van der Waals surface area (Å²) in [5, 5.41) is 24.5. The molecular formula is C22H24CoN2O4. The molecule has 0 unspecified atom stereocenters. The van der Waals surface area contributed by atoms with Gasteiger partial charge in [0.1, 0.15) is 11.5 Å². The van der Waals surface area contributed by atoms with Gasteiger partial charge in [0.15, 0.2) is 0 Å². The predicted octanol–water partition coefficient (Wildman–Crippen LogP) is 2.70. The van der Waals surface area contributed by atoms with E-state index in [1.165, 1.54) is 14.2 Å². The average Bonchev–Trinajstić information content (AvgIpc) is 2.73. The number of para-hydroxylation sites is 2. The zero-order valence-corrected chi connectivity index (χ0v) is 17.5. The summed E-state index contributed by atoms with van der Waals surface area (Å²) in [6.45, 7) is 0. The van der Waals surface area contributed by atoms with Crippen LogP contribution in [-0.2, 0) is 16.8 Å². The number of benzene rings is 2. The topological polar surface area (TPSA) is 89.3 Å². The van der Waals surface area contributed by atoms with E-state index in [9.17, 15) is 10.2 Å². The second-order valence-electron chi connectivity index (χ2n) is 6.73. The van der Waals surface area contributed by atoms with Crippen LogP contribution in [0.1, 0.15) is 36.8 Å². The molecule has 1 aliphatic rings. The van der Waals surface area contributed by atoms with Gasteiger partial charge in [-0.3, -0.25) is 9.98 Å². The number of ether oxygens (including phenoxy) is 2. The van der Waals surface area contributed by atoms with Gasteiger partial charge in [0, 0.05) is 12.4 Å². The van der Waals surface area contributed by atoms with Gasteiger partial charge >= 0.3 is 16.8 Å². The van der Waals surface area contributed by atoms with Crippen LogP contribution in [-0.4, -0.2) is 38.7 Å². The van der Waals surface area contributed by atoms with Gasteiger partial charge in [-0.1, -0.05) is 48.6 Å². The number of aliphatic imine (C=N–C) groups is 2. The summed E-state index contributed by atoms with van der Waals surface area (Å²) < 4.78 is 10.2. The molecule has 3 rings (SSSR count). The summed E-state index contributed by atoms with van der Waals surface area (Å²) in [5.41, 5.74) is 1.00. The molecule has 1 fully saturated rings. The van der Waals surface area contributed by atoms with E-state index in [-0.39, 0.29) is 40.4 Å². The van der Waals surface area contributed by atoms with Crippen LogP contribution in [0.2, 0.25) is 0 Å². The Balaban J connectivity index is 0.00000300. The second-order valence-corrected chi connectivity index (χ2v) is 6.73. The van der Waals surface area contributed by atoms with E-state index in [0.717, 1.165) is 25.7 Å². The molecule has 29 heavy (non-hydrogen) atoms. The fraction of sp³-hybridized carbons (Fsp3) is 0.364. The van der Waals surface area contributed by atoms with E-state index in [1.807, 2.05) is 0 Å². The van der Waals surface area contributed by atoms with Crippen LogP contribution in [0.15, 0.2) is 46.4 Å². The van der Waals surface area contributed by atoms with Gasteiger partial charge in [0.05, 0.1) is 26.3 Å². The molecular weight excluding hydrogens is 415 g/mol. The van der Waals surface area contributed by atoms with Crippen LogP contribution in [0.5, 0.6) is 23.0 Å². The average molecular weight is 439 g/mol. The van der Waals surface area contributed by atoms with E-state index in [2.05, 4.69) is 9.98 Å². The minimum Gasteiger partial charge on any atom is -0.870 e. The van der Waals surface area contributed by atoms with Crippen molar-refractivity contribution in [2.24, 2.45) is 9.98 Å². The number of nitrogens with zero attached hydrogens (tertiary/aromatic N) is 2. The molecule has 0 amide bonds. The first kappa shape index (κ1) is 22.8. The minimum absolute atomic E-state index is 0. The Morgan fingerprint density at radius 1 is 0.793 bits per heavy atom. The molecule has 1 aliphatic carbocycles. The normalized spacial score (nSPS) is 19.2. The second kappa shape index (κ2) is 10.9. The number of methoxy groups -OCH3 is 2. The Kier molecular flexibility index (Phi) is 8.54. The molecule has 1 saturated carbocycles. The molecule has 0 saturated heterocycles. The molecule has 6 nitrogen and oxygen atoms in total. The molecule has 0 aromatic heterocycles. The van der Waals surface area contributed by atoms with Crippen LogP contribution < -0.4 is 19.7 Å². The van der Waals surface area contributed by atoms with Crippen LogP contribution in [0.3, 0.4) is 0 Å². The van der Waals surface area contributed by atoms with Crippen molar-refractivity contribution in [2.75, 3.05) is 14.2 Å². The van der Waals surface area contributed by atoms with Gasteiger partial charge in [-0.2, -0.15) is 0 Å². The molecule has 0 spiro atoms. The van der Waals surface area contributed by atoms with E-state index in [0.29, 0.717) is 22.6 Å². The zero-order chi connectivity index (χ0) is 19.9. The molecule has 0 aliphatic heterocycles. The molecule has 7 heteroatoms. The molecule has 2 atom stereocenters. The predicted molar refractivity (Wildman–Crippen MR) is 106 cm³/mol. The van der Waals surface area contributed by atoms with E-state index < -0.39 is 0 Å². The van der Waals surface area contributed by atoms with Gasteiger partial charge in [0.2, 0.25) is 0 Å². The number of rotatable bonds is 6. The van der Waals surface area contributed by atoms with Crippen molar-refractivity contribution >= 4 is 12.4 Å². The Hall–Kier alpha value is -2.51. The maximum absolute atomic E-state index is 12.3. The van der Waals surface area contributed by atoms with Crippen molar-refractivity contribution in [2.45, 2.75) is 37.8 Å². The maximum atomic E-state index is 12.3. The number of hydrogen-bond acceptors (Lipinski definition) is 6. The fourth-order valence-corrected chi connectivity index (χ4v) is 3.38. The molecule has 0 N–H and O–H groups in total. The summed E-state index contributed by atoms with van der Waals surface area (Å²) in [4.78, 5) is 9.28. The summed E-state index contributed by atoms with van der Waals surface area (Å²) in [6.07, 6.45) is 7.19. The Morgan fingerprint density at radius 3 is 1.59 bits per heavy atom. The Morgan fingerprint density at radius 2 is 1.21 bits per heavy atom. The van der Waals surface area contributed by atoms with E-state index >= 15 is 0 Å². The van der Waals surface area contributed by atoms with Crippen molar-refractivity contribution in [1.82, 2.24) is 0 Å². The van der Waals surface area contributed by atoms with Gasteiger partial charge in [0.25, 0.3) is 0 Å². The largest absolute Gasteiger partial charge is 2.00 e. The molecule has 155 valence electrons. The molecule has 0 bridgehead atoms. The smallest absolute Gasteiger partial charge is 0.870 e. The fourth-order valence-electron chi connectivity index (χ4n) is 3.38. The van der Waals surface area contributed by atoms with Crippen LogP contribution in [0.4, 0.5) is 0 Å². The molecule has 1 radical (unpaired) electrons. The first-order valence-corrected chi connectivity index (χ1v) is 9.38. The van der Waals surface area contributed by atoms with E-state index in [4.69, 9.17) is 9.47 Å². The van der Waals surface area contributed by atoms with Gasteiger partial charge in [-0.25, -0.2) is 0 Å². The minimum atomic E-state index is -0.169. The maximum Gasteiger partial charge on any atom is 2.00 e. The monoisotopic (exact) mass is 439 g/mol. The van der Waals surface area contributed by atoms with Crippen molar-refractivity contribution in [1.29, 1.82) is 0 Å². The van der Waals surface area contributed by atoms with Crippen molar-refractivity contribution < 1.29 is 36.5 Å². The standard InChI is InChI=1S/C22H26N2O4.Co/c1-27-19-11-5-7-15(21(19)25)13-23-17-9-3-4-10-18(17)24-14-16-8-6-12-20(28-2)22(16)26;/h5-8,11-14,17-18,25-26H,3-4,9-10H2,1-2H3;/q;+2/p-2/t17-,18-;/m0./s1. The quantitative estimate of drug-likeness (QED) is 0.648.